The van der Waals surface area contributed by atoms with Crippen LogP contribution in [0.4, 0.5) is 0 Å². The lowest BCUT2D eigenvalue weighted by atomic mass is 9.60. The highest BCUT2D eigenvalue weighted by atomic mass is 35.5. The zero-order valence-corrected chi connectivity index (χ0v) is 9.05. The van der Waals surface area contributed by atoms with E-state index in [0.29, 0.717) is 0 Å². The summed E-state index contributed by atoms with van der Waals surface area (Å²) >= 11 is 0. The minimum atomic E-state index is -0.892. The molecule has 0 aliphatic heterocycles. The summed E-state index contributed by atoms with van der Waals surface area (Å²) in [6, 6.07) is 0. The molecule has 2 aliphatic carbocycles. The van der Waals surface area contributed by atoms with Crippen LogP contribution in [0.1, 0.15) is 38.5 Å². The van der Waals surface area contributed by atoms with Crippen molar-refractivity contribution < 1.29 is 9.90 Å². The summed E-state index contributed by atoms with van der Waals surface area (Å²) in [6.45, 7) is 0. The SMILES string of the molecule is Cl.NC1(C(=O)O)C2CCCC1CCC2. The molecule has 0 radical (unpaired) electrons. The number of rotatable bonds is 1. The quantitative estimate of drug-likeness (QED) is 0.707. The molecule has 2 aliphatic rings. The number of carbonyl (C=O) groups is 1. The van der Waals surface area contributed by atoms with Gasteiger partial charge in [0.2, 0.25) is 0 Å². The van der Waals surface area contributed by atoms with Crippen LogP contribution in [0.5, 0.6) is 0 Å². The van der Waals surface area contributed by atoms with Crippen LogP contribution in [0.3, 0.4) is 0 Å². The molecule has 14 heavy (non-hydrogen) atoms. The summed E-state index contributed by atoms with van der Waals surface area (Å²) in [6.07, 6.45) is 6.39. The molecule has 0 atom stereocenters. The molecular weight excluding hydrogens is 202 g/mol. The number of nitrogens with two attached hydrogens (primary N) is 1. The van der Waals surface area contributed by atoms with Crippen LogP contribution in [0.2, 0.25) is 0 Å². The molecule has 0 heterocycles. The maximum absolute atomic E-state index is 11.2. The van der Waals surface area contributed by atoms with Crippen LogP contribution in [0.15, 0.2) is 0 Å². The van der Waals surface area contributed by atoms with Gasteiger partial charge in [-0.05, 0) is 37.5 Å². The third-order valence-electron chi connectivity index (χ3n) is 3.93. The Hall–Kier alpha value is -0.280. The summed E-state index contributed by atoms with van der Waals surface area (Å²) in [7, 11) is 0. The van der Waals surface area contributed by atoms with Gasteiger partial charge in [0.15, 0.2) is 0 Å². The zero-order valence-electron chi connectivity index (χ0n) is 8.24. The van der Waals surface area contributed by atoms with Crippen LogP contribution in [0.25, 0.3) is 0 Å². The normalized spacial score (nSPS) is 41.2. The first-order valence-electron chi connectivity index (χ1n) is 5.18. The van der Waals surface area contributed by atoms with Gasteiger partial charge < -0.3 is 10.8 Å². The van der Waals surface area contributed by atoms with Gasteiger partial charge >= 0.3 is 5.97 Å². The van der Waals surface area contributed by atoms with Gasteiger partial charge in [0.25, 0.3) is 0 Å². The van der Waals surface area contributed by atoms with Gasteiger partial charge in [-0.2, -0.15) is 0 Å². The first-order valence-corrected chi connectivity index (χ1v) is 5.18. The molecule has 4 heteroatoms. The Kier molecular flexibility index (Phi) is 3.43. The molecule has 3 nitrogen and oxygen atoms in total. The maximum Gasteiger partial charge on any atom is 0.324 e. The van der Waals surface area contributed by atoms with Crippen molar-refractivity contribution in [1.82, 2.24) is 0 Å². The zero-order chi connectivity index (χ0) is 9.47. The molecule has 0 saturated heterocycles. The molecular formula is C10H18ClNO2. The van der Waals surface area contributed by atoms with E-state index in [9.17, 15) is 9.90 Å². The molecule has 0 aromatic heterocycles. The van der Waals surface area contributed by atoms with E-state index in [4.69, 9.17) is 5.73 Å². The number of fused-ring (bicyclic) bond motifs is 2. The summed E-state index contributed by atoms with van der Waals surface area (Å²) < 4.78 is 0. The molecule has 0 spiro atoms. The van der Waals surface area contributed by atoms with E-state index in [0.717, 1.165) is 25.7 Å². The lowest BCUT2D eigenvalue weighted by Gasteiger charge is -2.47. The second-order valence-corrected chi connectivity index (χ2v) is 4.49. The molecule has 82 valence electrons. The van der Waals surface area contributed by atoms with E-state index in [2.05, 4.69) is 0 Å². The topological polar surface area (TPSA) is 63.3 Å². The number of halogens is 1. The van der Waals surface area contributed by atoms with Crippen molar-refractivity contribution in [1.29, 1.82) is 0 Å². The molecule has 3 N–H and O–H groups in total. The highest BCUT2D eigenvalue weighted by Gasteiger charge is 2.52. The second kappa shape index (κ2) is 4.07. The fourth-order valence-electron chi connectivity index (χ4n) is 3.15. The van der Waals surface area contributed by atoms with E-state index >= 15 is 0 Å². The van der Waals surface area contributed by atoms with E-state index in [1.165, 1.54) is 12.8 Å². The van der Waals surface area contributed by atoms with Crippen molar-refractivity contribution in [3.05, 3.63) is 0 Å². The molecule has 0 amide bonds. The molecule has 2 fully saturated rings. The number of carboxylic acids is 1. The highest BCUT2D eigenvalue weighted by Crippen LogP contribution is 2.45. The Morgan fingerprint density at radius 1 is 1.14 bits per heavy atom. The summed E-state index contributed by atoms with van der Waals surface area (Å²) in [5.41, 5.74) is 5.16. The van der Waals surface area contributed by atoms with Gasteiger partial charge in [-0.25, -0.2) is 0 Å². The Morgan fingerprint density at radius 3 is 1.71 bits per heavy atom. The predicted molar refractivity (Wildman–Crippen MR) is 56.5 cm³/mol. The largest absolute Gasteiger partial charge is 0.480 e. The molecule has 2 rings (SSSR count). The first-order chi connectivity index (χ1) is 6.15. The van der Waals surface area contributed by atoms with Crippen LogP contribution < -0.4 is 5.73 Å². The molecule has 0 unspecified atom stereocenters. The van der Waals surface area contributed by atoms with Crippen LogP contribution >= 0.6 is 12.4 Å². The van der Waals surface area contributed by atoms with Gasteiger partial charge in [-0.15, -0.1) is 12.4 Å². The smallest absolute Gasteiger partial charge is 0.324 e. The van der Waals surface area contributed by atoms with E-state index < -0.39 is 11.5 Å². The monoisotopic (exact) mass is 219 g/mol. The molecule has 2 bridgehead atoms. The third kappa shape index (κ3) is 1.52. The van der Waals surface area contributed by atoms with Crippen molar-refractivity contribution in [3.63, 3.8) is 0 Å². The summed E-state index contributed by atoms with van der Waals surface area (Å²) in [4.78, 5) is 11.2. The van der Waals surface area contributed by atoms with Crippen molar-refractivity contribution in [3.8, 4) is 0 Å². The molecule has 0 aromatic carbocycles. The summed E-state index contributed by atoms with van der Waals surface area (Å²) in [5, 5.41) is 9.18. The van der Waals surface area contributed by atoms with Crippen LogP contribution in [0, 0.1) is 11.8 Å². The van der Waals surface area contributed by atoms with Gasteiger partial charge in [-0.3, -0.25) is 4.79 Å². The van der Waals surface area contributed by atoms with E-state index in [1.54, 1.807) is 0 Å². The summed E-state index contributed by atoms with van der Waals surface area (Å²) in [5.74, 6) is -0.308. The maximum atomic E-state index is 11.2. The number of hydrogen-bond donors (Lipinski definition) is 2. The minimum absolute atomic E-state index is 0. The fraction of sp³-hybridized carbons (Fsp3) is 0.900. The number of carboxylic acid groups (broad SMARTS) is 1. The van der Waals surface area contributed by atoms with Gasteiger partial charge in [0.05, 0.1) is 0 Å². The standard InChI is InChI=1S/C10H17NO2.ClH/c11-10(9(12)13)7-3-1-4-8(10)6-2-5-7;/h7-8H,1-6,11H2,(H,12,13);1H. The minimum Gasteiger partial charge on any atom is -0.480 e. The van der Waals surface area contributed by atoms with E-state index in [-0.39, 0.29) is 24.2 Å². The van der Waals surface area contributed by atoms with Crippen LogP contribution in [-0.2, 0) is 4.79 Å². The average molecular weight is 220 g/mol. The predicted octanol–water partition coefficient (Wildman–Crippen LogP) is 1.79. The number of hydrogen-bond acceptors (Lipinski definition) is 2. The van der Waals surface area contributed by atoms with Crippen molar-refractivity contribution in [2.75, 3.05) is 0 Å². The Labute approximate surface area is 90.5 Å². The van der Waals surface area contributed by atoms with E-state index in [1.807, 2.05) is 0 Å². The van der Waals surface area contributed by atoms with Gasteiger partial charge in [-0.1, -0.05) is 12.8 Å². The Balaban J connectivity index is 0.000000980. The second-order valence-electron chi connectivity index (χ2n) is 4.49. The molecule has 2 saturated carbocycles. The van der Waals surface area contributed by atoms with Gasteiger partial charge in [0, 0.05) is 0 Å². The van der Waals surface area contributed by atoms with Crippen molar-refractivity contribution >= 4 is 18.4 Å². The van der Waals surface area contributed by atoms with Crippen LogP contribution in [-0.4, -0.2) is 16.6 Å². The third-order valence-corrected chi connectivity index (χ3v) is 3.93. The Bertz CT molecular complexity index is 210. The lowest BCUT2D eigenvalue weighted by molar-refractivity contribution is -0.152. The Morgan fingerprint density at radius 2 is 1.50 bits per heavy atom. The lowest BCUT2D eigenvalue weighted by Crippen LogP contribution is -2.62. The molecule has 0 aromatic rings. The highest BCUT2D eigenvalue weighted by molar-refractivity contribution is 5.85. The average Bonchev–Trinajstić information content (AvgIpc) is 2.02. The first kappa shape index (κ1) is 11.8. The number of aliphatic carboxylic acids is 1. The van der Waals surface area contributed by atoms with Gasteiger partial charge in [0.1, 0.15) is 5.54 Å². The fourth-order valence-corrected chi connectivity index (χ4v) is 3.15. The van der Waals surface area contributed by atoms with Crippen molar-refractivity contribution in [2.45, 2.75) is 44.1 Å². The van der Waals surface area contributed by atoms with Crippen molar-refractivity contribution in [2.24, 2.45) is 17.6 Å².